The minimum atomic E-state index is -0.690. The number of hydrogen-bond donors (Lipinski definition) is 1. The highest BCUT2D eigenvalue weighted by Crippen LogP contribution is 2.30. The molecule has 0 aliphatic carbocycles. The Morgan fingerprint density at radius 2 is 2.59 bits per heavy atom. The number of aromatic nitrogens is 2. The van der Waals surface area contributed by atoms with E-state index < -0.39 is 6.10 Å². The fraction of sp³-hybridized carbons (Fsp3) is 0.727. The van der Waals surface area contributed by atoms with Crippen LogP contribution in [0.4, 0.5) is 0 Å². The van der Waals surface area contributed by atoms with Crippen molar-refractivity contribution in [2.45, 2.75) is 32.1 Å². The number of nitrogens with zero attached hydrogens (tertiary/aromatic N) is 2. The smallest absolute Gasteiger partial charge is 0.124 e. The first kappa shape index (κ1) is 13.2. The van der Waals surface area contributed by atoms with Gasteiger partial charge in [-0.15, -0.1) is 0 Å². The summed E-state index contributed by atoms with van der Waals surface area (Å²) in [6, 6.07) is 0. The Bertz CT molecular complexity index is 366. The van der Waals surface area contributed by atoms with Crippen molar-refractivity contribution in [2.24, 2.45) is 0 Å². The van der Waals surface area contributed by atoms with Gasteiger partial charge in [-0.05, 0) is 6.42 Å². The second-order valence-electron chi connectivity index (χ2n) is 4.03. The summed E-state index contributed by atoms with van der Waals surface area (Å²) in [5, 5.41) is 15.0. The Morgan fingerprint density at radius 1 is 1.76 bits per heavy atom. The van der Waals surface area contributed by atoms with Crippen LogP contribution in [0.25, 0.3) is 0 Å². The lowest BCUT2D eigenvalue weighted by Gasteiger charge is -2.27. The molecule has 1 aromatic heterocycles. The van der Waals surface area contributed by atoms with Crippen molar-refractivity contribution in [3.63, 3.8) is 0 Å². The molecule has 1 saturated heterocycles. The lowest BCUT2D eigenvalue weighted by atomic mass is 10.1. The minimum Gasteiger partial charge on any atom is -0.384 e. The van der Waals surface area contributed by atoms with Crippen molar-refractivity contribution < 1.29 is 9.84 Å². The van der Waals surface area contributed by atoms with E-state index in [-0.39, 0.29) is 6.10 Å². The van der Waals surface area contributed by atoms with Crippen LogP contribution in [0.1, 0.15) is 25.1 Å². The van der Waals surface area contributed by atoms with Gasteiger partial charge in [0, 0.05) is 18.1 Å². The molecule has 1 aromatic rings. The van der Waals surface area contributed by atoms with Crippen LogP contribution in [0, 0.1) is 0 Å². The molecule has 0 amide bonds. The van der Waals surface area contributed by atoms with E-state index in [1.807, 2.05) is 0 Å². The summed E-state index contributed by atoms with van der Waals surface area (Å²) in [5.74, 6) is 1.79. The molecule has 2 unspecified atom stereocenters. The Kier molecular flexibility index (Phi) is 4.73. The fourth-order valence-electron chi connectivity index (χ4n) is 1.92. The Morgan fingerprint density at radius 3 is 3.24 bits per heavy atom. The molecular weight excluding hydrogens is 260 g/mol. The van der Waals surface area contributed by atoms with Gasteiger partial charge >= 0.3 is 0 Å². The van der Waals surface area contributed by atoms with Crippen molar-refractivity contribution in [2.75, 3.05) is 18.1 Å². The highest BCUT2D eigenvalue weighted by atomic mass is 35.5. The minimum absolute atomic E-state index is 0.182. The largest absolute Gasteiger partial charge is 0.384 e. The Balaban J connectivity index is 2.16. The Labute approximate surface area is 110 Å². The molecule has 1 fully saturated rings. The maximum absolute atomic E-state index is 10.3. The van der Waals surface area contributed by atoms with Crippen LogP contribution in [-0.2, 0) is 11.3 Å². The molecule has 96 valence electrons. The van der Waals surface area contributed by atoms with Crippen molar-refractivity contribution >= 4 is 23.4 Å². The van der Waals surface area contributed by atoms with Crippen LogP contribution in [0.5, 0.6) is 0 Å². The quantitative estimate of drug-likeness (QED) is 0.915. The summed E-state index contributed by atoms with van der Waals surface area (Å²) in [5.41, 5.74) is 0.681. The first-order chi connectivity index (χ1) is 8.24. The van der Waals surface area contributed by atoms with Crippen LogP contribution < -0.4 is 0 Å². The molecule has 2 atom stereocenters. The van der Waals surface area contributed by atoms with E-state index in [1.54, 1.807) is 22.6 Å². The van der Waals surface area contributed by atoms with E-state index in [4.69, 9.17) is 16.3 Å². The van der Waals surface area contributed by atoms with Gasteiger partial charge in [-0.1, -0.05) is 18.5 Å². The molecule has 17 heavy (non-hydrogen) atoms. The molecule has 2 rings (SSSR count). The molecule has 6 heteroatoms. The zero-order chi connectivity index (χ0) is 12.3. The average Bonchev–Trinajstić information content (AvgIpc) is 2.71. The van der Waals surface area contributed by atoms with E-state index in [0.29, 0.717) is 17.3 Å². The van der Waals surface area contributed by atoms with Crippen molar-refractivity contribution in [1.29, 1.82) is 0 Å². The van der Waals surface area contributed by atoms with Gasteiger partial charge in [-0.3, -0.25) is 4.68 Å². The Hall–Kier alpha value is -0.230. The number of aliphatic hydroxyl groups excluding tert-OH is 1. The molecule has 0 aromatic carbocycles. The number of halogens is 1. The highest BCUT2D eigenvalue weighted by molar-refractivity contribution is 7.99. The summed E-state index contributed by atoms with van der Waals surface area (Å²) >= 11 is 7.89. The van der Waals surface area contributed by atoms with E-state index in [2.05, 4.69) is 12.0 Å². The van der Waals surface area contributed by atoms with Crippen molar-refractivity contribution in [3.8, 4) is 0 Å². The van der Waals surface area contributed by atoms with Crippen LogP contribution in [0.2, 0.25) is 5.02 Å². The summed E-state index contributed by atoms with van der Waals surface area (Å²) in [7, 11) is 0. The normalized spacial score (nSPS) is 22.6. The van der Waals surface area contributed by atoms with Crippen molar-refractivity contribution in [3.05, 3.63) is 16.9 Å². The van der Waals surface area contributed by atoms with E-state index in [0.717, 1.165) is 24.5 Å². The second-order valence-corrected chi connectivity index (χ2v) is 5.59. The van der Waals surface area contributed by atoms with E-state index in [9.17, 15) is 5.11 Å². The highest BCUT2D eigenvalue weighted by Gasteiger charge is 2.29. The molecule has 1 aliphatic heterocycles. The second kappa shape index (κ2) is 6.09. The van der Waals surface area contributed by atoms with Gasteiger partial charge < -0.3 is 9.84 Å². The third-order valence-corrected chi connectivity index (χ3v) is 4.05. The van der Waals surface area contributed by atoms with Gasteiger partial charge in [0.2, 0.25) is 0 Å². The summed E-state index contributed by atoms with van der Waals surface area (Å²) < 4.78 is 7.35. The zero-order valence-corrected chi connectivity index (χ0v) is 11.4. The van der Waals surface area contributed by atoms with Gasteiger partial charge in [-0.2, -0.15) is 16.9 Å². The predicted molar refractivity (Wildman–Crippen MR) is 69.6 cm³/mol. The number of hydrogen-bond acceptors (Lipinski definition) is 4. The van der Waals surface area contributed by atoms with Gasteiger partial charge in [0.1, 0.15) is 6.10 Å². The monoisotopic (exact) mass is 276 g/mol. The summed E-state index contributed by atoms with van der Waals surface area (Å²) in [6.45, 7) is 3.52. The number of thioether (sulfide) groups is 1. The molecule has 2 heterocycles. The number of aliphatic hydroxyl groups is 1. The fourth-order valence-corrected chi connectivity index (χ4v) is 3.06. The first-order valence-corrected chi connectivity index (χ1v) is 7.36. The van der Waals surface area contributed by atoms with E-state index >= 15 is 0 Å². The molecule has 0 radical (unpaired) electrons. The number of rotatable bonds is 4. The zero-order valence-electron chi connectivity index (χ0n) is 9.80. The number of aryl methyl sites for hydroxylation is 1. The summed E-state index contributed by atoms with van der Waals surface area (Å²) in [6.07, 6.45) is 1.67. The molecule has 4 nitrogen and oxygen atoms in total. The standard InChI is InChI=1S/C11H17ClN2O2S/c1-2-3-14-10(8(12)6-13-14)11(15)9-7-17-5-4-16-9/h6,9,11,15H,2-5,7H2,1H3. The van der Waals surface area contributed by atoms with Crippen molar-refractivity contribution in [1.82, 2.24) is 9.78 Å². The summed E-state index contributed by atoms with van der Waals surface area (Å²) in [4.78, 5) is 0. The van der Waals surface area contributed by atoms with Gasteiger partial charge in [0.15, 0.2) is 0 Å². The lowest BCUT2D eigenvalue weighted by Crippen LogP contribution is -2.31. The molecule has 0 spiro atoms. The van der Waals surface area contributed by atoms with Crippen LogP contribution in [0.15, 0.2) is 6.20 Å². The van der Waals surface area contributed by atoms with Crippen LogP contribution >= 0.6 is 23.4 Å². The number of ether oxygens (including phenoxy) is 1. The van der Waals surface area contributed by atoms with Crippen LogP contribution in [0.3, 0.4) is 0 Å². The maximum atomic E-state index is 10.3. The SMILES string of the molecule is CCCn1ncc(Cl)c1C(O)C1CSCCO1. The molecular formula is C11H17ClN2O2S. The van der Waals surface area contributed by atoms with E-state index in [1.165, 1.54) is 0 Å². The molecule has 0 bridgehead atoms. The average molecular weight is 277 g/mol. The maximum Gasteiger partial charge on any atom is 0.124 e. The third-order valence-electron chi connectivity index (χ3n) is 2.74. The van der Waals surface area contributed by atoms with Gasteiger partial charge in [0.05, 0.1) is 29.6 Å². The molecule has 1 N–H and O–H groups in total. The van der Waals surface area contributed by atoms with Gasteiger partial charge in [-0.25, -0.2) is 0 Å². The predicted octanol–water partition coefficient (Wildman–Crippen LogP) is 2.11. The van der Waals surface area contributed by atoms with Gasteiger partial charge in [0.25, 0.3) is 0 Å². The third kappa shape index (κ3) is 2.96. The first-order valence-electron chi connectivity index (χ1n) is 5.82. The molecule has 0 saturated carbocycles. The molecule has 1 aliphatic rings. The lowest BCUT2D eigenvalue weighted by molar-refractivity contribution is -0.0264. The van der Waals surface area contributed by atoms with Crippen LogP contribution in [-0.4, -0.2) is 39.1 Å². The topological polar surface area (TPSA) is 47.3 Å².